The van der Waals surface area contributed by atoms with E-state index in [1.807, 2.05) is 15.6 Å². The molecule has 28 heavy (non-hydrogen) atoms. The van der Waals surface area contributed by atoms with Gasteiger partial charge >= 0.3 is 5.97 Å². The van der Waals surface area contributed by atoms with Gasteiger partial charge in [-0.25, -0.2) is 0 Å². The van der Waals surface area contributed by atoms with Crippen molar-refractivity contribution >= 4 is 11.9 Å². The van der Waals surface area contributed by atoms with Crippen LogP contribution in [0.3, 0.4) is 0 Å². The van der Waals surface area contributed by atoms with Gasteiger partial charge in [0.15, 0.2) is 5.69 Å². The van der Waals surface area contributed by atoms with Crippen molar-refractivity contribution in [1.29, 1.82) is 0 Å². The molecule has 1 spiro atoms. The van der Waals surface area contributed by atoms with E-state index in [1.165, 1.54) is 6.42 Å². The van der Waals surface area contributed by atoms with Gasteiger partial charge < -0.3 is 14.5 Å². The summed E-state index contributed by atoms with van der Waals surface area (Å²) in [5.41, 5.74) is 1.31. The molecule has 3 aliphatic rings. The molecule has 1 aromatic rings. The van der Waals surface area contributed by atoms with Crippen LogP contribution in [0.2, 0.25) is 0 Å². The Labute approximate surface area is 167 Å². The predicted octanol–water partition coefficient (Wildman–Crippen LogP) is 2.10. The maximum absolute atomic E-state index is 12.8. The summed E-state index contributed by atoms with van der Waals surface area (Å²) in [6.07, 6.45) is 6.60. The van der Waals surface area contributed by atoms with Crippen LogP contribution < -0.4 is 0 Å². The first-order valence-electron chi connectivity index (χ1n) is 10.8. The summed E-state index contributed by atoms with van der Waals surface area (Å²) in [5.74, 6) is -0.0616. The molecule has 2 saturated heterocycles. The van der Waals surface area contributed by atoms with Gasteiger partial charge in [0.2, 0.25) is 0 Å². The molecule has 1 atom stereocenters. The van der Waals surface area contributed by atoms with Gasteiger partial charge in [-0.2, -0.15) is 5.10 Å². The molecule has 0 N–H and O–H groups in total. The van der Waals surface area contributed by atoms with Crippen LogP contribution >= 0.6 is 0 Å². The highest BCUT2D eigenvalue weighted by Crippen LogP contribution is 2.43. The zero-order valence-corrected chi connectivity index (χ0v) is 17.2. The molecule has 4 heterocycles. The third-order valence-corrected chi connectivity index (χ3v) is 6.63. The summed E-state index contributed by atoms with van der Waals surface area (Å²) in [6, 6.07) is 1.94. The molecule has 2 fully saturated rings. The van der Waals surface area contributed by atoms with Gasteiger partial charge in [0.25, 0.3) is 5.91 Å². The average Bonchev–Trinajstić information content (AvgIpc) is 3.35. The molecule has 3 aliphatic heterocycles. The summed E-state index contributed by atoms with van der Waals surface area (Å²) < 4.78 is 7.68. The minimum Gasteiger partial charge on any atom is -0.461 e. The fourth-order valence-electron chi connectivity index (χ4n) is 4.88. The Kier molecular flexibility index (Phi) is 5.45. The number of rotatable bonds is 6. The lowest BCUT2D eigenvalue weighted by molar-refractivity contribution is -0.150. The van der Waals surface area contributed by atoms with E-state index in [9.17, 15) is 9.59 Å². The van der Waals surface area contributed by atoms with Gasteiger partial charge in [-0.15, -0.1) is 0 Å². The number of hydrogen-bond acceptors (Lipinski definition) is 5. The van der Waals surface area contributed by atoms with Crippen LogP contribution in [0.5, 0.6) is 0 Å². The third-order valence-electron chi connectivity index (χ3n) is 6.63. The van der Waals surface area contributed by atoms with E-state index in [-0.39, 0.29) is 18.0 Å². The van der Waals surface area contributed by atoms with Gasteiger partial charge in [-0.3, -0.25) is 14.3 Å². The van der Waals surface area contributed by atoms with E-state index in [4.69, 9.17) is 4.74 Å². The van der Waals surface area contributed by atoms with Crippen LogP contribution in [-0.4, -0.2) is 70.8 Å². The van der Waals surface area contributed by atoms with Gasteiger partial charge in [0.05, 0.1) is 5.41 Å². The number of cyclic esters (lactones) is 1. The number of esters is 1. The lowest BCUT2D eigenvalue weighted by Gasteiger charge is -2.36. The Morgan fingerprint density at radius 2 is 2.14 bits per heavy atom. The first-order chi connectivity index (χ1) is 13.5. The summed E-state index contributed by atoms with van der Waals surface area (Å²) in [4.78, 5) is 29.6. The van der Waals surface area contributed by atoms with E-state index < -0.39 is 5.41 Å². The van der Waals surface area contributed by atoms with E-state index in [2.05, 4.69) is 24.0 Å². The monoisotopic (exact) mass is 388 g/mol. The van der Waals surface area contributed by atoms with E-state index in [0.717, 1.165) is 51.0 Å². The highest BCUT2D eigenvalue weighted by molar-refractivity contribution is 5.92. The third kappa shape index (κ3) is 3.69. The van der Waals surface area contributed by atoms with E-state index in [1.54, 1.807) is 0 Å². The Morgan fingerprint density at radius 3 is 2.86 bits per heavy atom. The number of aromatic nitrogens is 2. The number of likely N-dealkylation sites (tertiary alicyclic amines) is 1. The molecule has 7 heteroatoms. The summed E-state index contributed by atoms with van der Waals surface area (Å²) in [6.45, 7) is 6.14. The Bertz CT molecular complexity index is 715. The minimum absolute atomic E-state index is 0.000960. The number of carbonyl (C=O) groups excluding carboxylic acids is 2. The second-order valence-corrected chi connectivity index (χ2v) is 8.77. The van der Waals surface area contributed by atoms with E-state index in [0.29, 0.717) is 31.6 Å². The quantitative estimate of drug-likeness (QED) is 0.698. The molecule has 4 rings (SSSR count). The lowest BCUT2D eigenvalue weighted by Crippen LogP contribution is -2.45. The smallest absolute Gasteiger partial charge is 0.312 e. The predicted molar refractivity (Wildman–Crippen MR) is 105 cm³/mol. The van der Waals surface area contributed by atoms with Crippen molar-refractivity contribution in [3.63, 3.8) is 0 Å². The van der Waals surface area contributed by atoms with E-state index >= 15 is 0 Å². The zero-order valence-electron chi connectivity index (χ0n) is 17.2. The molecule has 0 bridgehead atoms. The fourth-order valence-corrected chi connectivity index (χ4v) is 4.88. The highest BCUT2D eigenvalue weighted by atomic mass is 16.6. The number of fused-ring (bicyclic) bond motifs is 1. The van der Waals surface area contributed by atoms with Gasteiger partial charge in [-0.05, 0) is 51.8 Å². The van der Waals surface area contributed by atoms with Crippen LogP contribution in [0, 0.1) is 5.41 Å². The largest absolute Gasteiger partial charge is 0.461 e. The Hall–Kier alpha value is -1.89. The molecule has 1 unspecified atom stereocenters. The molecule has 0 aliphatic carbocycles. The number of unbranched alkanes of at least 4 members (excludes halogenated alkanes) is 1. The topological polar surface area (TPSA) is 67.7 Å². The molecule has 0 saturated carbocycles. The number of likely N-dealkylation sites (N-methyl/N-ethyl adjacent to an activating group) is 1. The van der Waals surface area contributed by atoms with Crippen LogP contribution in [0.1, 0.15) is 61.6 Å². The summed E-state index contributed by atoms with van der Waals surface area (Å²) in [5, 5.41) is 4.47. The Morgan fingerprint density at radius 1 is 1.36 bits per heavy atom. The number of ether oxygens (including phenoxy) is 1. The van der Waals surface area contributed by atoms with Crippen molar-refractivity contribution in [3.8, 4) is 0 Å². The number of aryl methyl sites for hydroxylation is 2. The van der Waals surface area contributed by atoms with Crippen molar-refractivity contribution in [2.75, 3.05) is 33.2 Å². The number of carbonyl (C=O) groups is 2. The molecule has 7 nitrogen and oxygen atoms in total. The molecule has 0 radical (unpaired) electrons. The maximum atomic E-state index is 12.8. The molecule has 154 valence electrons. The van der Waals surface area contributed by atoms with Crippen molar-refractivity contribution < 1.29 is 14.3 Å². The standard InChI is InChI=1S/C21H32N4O3/c1-3-4-9-23(2)15-17-14-21(20(27)28-17)7-11-24(12-8-21)19(26)18-13-16-6-5-10-25(16)22-18/h13,17H,3-12,14-15H2,1-2H3. The zero-order chi connectivity index (χ0) is 19.7. The number of amides is 1. The van der Waals surface area contributed by atoms with Crippen LogP contribution in [0.25, 0.3) is 0 Å². The highest BCUT2D eigenvalue weighted by Gasteiger charge is 2.51. The first kappa shape index (κ1) is 19.4. The number of piperidine rings is 1. The van der Waals surface area contributed by atoms with Crippen LogP contribution in [0.15, 0.2) is 6.07 Å². The lowest BCUT2D eigenvalue weighted by atomic mass is 9.76. The molecule has 0 aromatic carbocycles. The second-order valence-electron chi connectivity index (χ2n) is 8.77. The second kappa shape index (κ2) is 7.85. The SMILES string of the molecule is CCCCN(C)CC1CC2(CCN(C(=O)c3cc4n(n3)CCC4)CC2)C(=O)O1. The van der Waals surface area contributed by atoms with Gasteiger partial charge in [0.1, 0.15) is 6.10 Å². The summed E-state index contributed by atoms with van der Waals surface area (Å²) >= 11 is 0. The van der Waals surface area contributed by atoms with Crippen LogP contribution in [-0.2, 0) is 22.5 Å². The molecule has 1 aromatic heterocycles. The molecular formula is C21H32N4O3. The number of hydrogen-bond donors (Lipinski definition) is 0. The molecular weight excluding hydrogens is 356 g/mol. The molecule has 1 amide bonds. The van der Waals surface area contributed by atoms with Gasteiger partial charge in [0, 0.05) is 38.3 Å². The van der Waals surface area contributed by atoms with Crippen molar-refractivity contribution in [3.05, 3.63) is 17.5 Å². The van der Waals surface area contributed by atoms with Crippen LogP contribution in [0.4, 0.5) is 0 Å². The minimum atomic E-state index is -0.400. The van der Waals surface area contributed by atoms with Crippen molar-refractivity contribution in [1.82, 2.24) is 19.6 Å². The van der Waals surface area contributed by atoms with Crippen molar-refractivity contribution in [2.45, 2.75) is 64.5 Å². The normalized spacial score (nSPS) is 23.5. The summed E-state index contributed by atoms with van der Waals surface area (Å²) in [7, 11) is 2.10. The first-order valence-corrected chi connectivity index (χ1v) is 10.8. The van der Waals surface area contributed by atoms with Gasteiger partial charge in [-0.1, -0.05) is 13.3 Å². The Balaban J connectivity index is 1.32. The fraction of sp³-hybridized carbons (Fsp3) is 0.762. The number of nitrogens with zero attached hydrogens (tertiary/aromatic N) is 4. The average molecular weight is 389 g/mol. The van der Waals surface area contributed by atoms with Crippen molar-refractivity contribution in [2.24, 2.45) is 5.41 Å². The maximum Gasteiger partial charge on any atom is 0.312 e.